The van der Waals surface area contributed by atoms with Crippen molar-refractivity contribution < 1.29 is 23.8 Å². The molecule has 0 amide bonds. The van der Waals surface area contributed by atoms with E-state index in [1.54, 1.807) is 31.2 Å². The monoisotopic (exact) mass is 430 g/mol. The molecule has 0 spiro atoms. The van der Waals surface area contributed by atoms with Crippen LogP contribution in [0, 0.1) is 0 Å². The first-order valence-corrected chi connectivity index (χ1v) is 7.95. The Labute approximate surface area is 143 Å². The lowest BCUT2D eigenvalue weighted by molar-refractivity contribution is -0.147. The maximum Gasteiger partial charge on any atom is 0.359 e. The molecule has 0 aliphatic heterocycles. The van der Waals surface area contributed by atoms with Gasteiger partial charge >= 0.3 is 5.97 Å². The maximum absolute atomic E-state index is 12.2. The van der Waals surface area contributed by atoms with Crippen LogP contribution in [0.3, 0.4) is 0 Å². The van der Waals surface area contributed by atoms with E-state index in [1.165, 1.54) is 12.3 Å². The number of ether oxygens (including phenoxy) is 1. The van der Waals surface area contributed by atoms with E-state index >= 15 is 0 Å². The van der Waals surface area contributed by atoms with Crippen molar-refractivity contribution in [2.24, 2.45) is 0 Å². The lowest BCUT2D eigenvalue weighted by atomic mass is 10.1. The molecule has 0 aliphatic carbocycles. The van der Waals surface area contributed by atoms with E-state index in [2.05, 4.69) is 31.9 Å². The van der Waals surface area contributed by atoms with Gasteiger partial charge in [0.15, 0.2) is 5.76 Å². The van der Waals surface area contributed by atoms with Crippen molar-refractivity contribution in [1.82, 2.24) is 0 Å². The molecule has 0 saturated carbocycles. The highest BCUT2D eigenvalue weighted by Crippen LogP contribution is 2.34. The van der Waals surface area contributed by atoms with Gasteiger partial charge in [-0.15, -0.1) is 0 Å². The van der Waals surface area contributed by atoms with Crippen LogP contribution in [-0.2, 0) is 4.79 Å². The molecule has 1 atom stereocenters. The van der Waals surface area contributed by atoms with E-state index in [1.807, 2.05) is 0 Å². The van der Waals surface area contributed by atoms with E-state index in [0.29, 0.717) is 15.8 Å². The maximum atomic E-state index is 12.2. The number of carboxylic acid groups (broad SMARTS) is 1. The second-order valence-corrected chi connectivity index (χ2v) is 6.58. The highest BCUT2D eigenvalue weighted by atomic mass is 79.9. The fraction of sp³-hybridized carbons (Fsp3) is 0.200. The zero-order chi connectivity index (χ0) is 16.3. The largest absolute Gasteiger partial charge is 0.478 e. The Morgan fingerprint density at radius 1 is 1.36 bits per heavy atom. The van der Waals surface area contributed by atoms with Crippen LogP contribution in [0.5, 0.6) is 5.75 Å². The van der Waals surface area contributed by atoms with Gasteiger partial charge in [-0.1, -0.05) is 6.92 Å². The van der Waals surface area contributed by atoms with Gasteiger partial charge in [-0.25, -0.2) is 4.79 Å². The van der Waals surface area contributed by atoms with Crippen LogP contribution in [-0.4, -0.2) is 21.4 Å². The number of aliphatic carboxylic acids is 1. The standard InChI is InChI=1S/C15H12Br2O5/c1-2-15(17,14(19)20)22-11-6-5-9(8-10(11)16)13(18)12-4-3-7-21-12/h3-8H,2H2,1H3,(H,19,20). The Bertz CT molecular complexity index is 696. The molecule has 1 aromatic carbocycles. The van der Waals surface area contributed by atoms with Crippen LogP contribution in [0.4, 0.5) is 0 Å². The number of hydrogen-bond donors (Lipinski definition) is 1. The Morgan fingerprint density at radius 2 is 2.09 bits per heavy atom. The molecule has 5 nitrogen and oxygen atoms in total. The van der Waals surface area contributed by atoms with Crippen LogP contribution in [0.2, 0.25) is 0 Å². The Balaban J connectivity index is 2.27. The van der Waals surface area contributed by atoms with Gasteiger partial charge in [-0.05, 0) is 62.2 Å². The van der Waals surface area contributed by atoms with Crippen molar-refractivity contribution in [3.8, 4) is 5.75 Å². The van der Waals surface area contributed by atoms with Crippen molar-refractivity contribution in [3.05, 3.63) is 52.4 Å². The SMILES string of the molecule is CCC(Br)(Oc1ccc(C(=O)c2ccco2)cc1Br)C(=O)O. The van der Waals surface area contributed by atoms with E-state index in [0.717, 1.165) is 0 Å². The first kappa shape index (κ1) is 16.8. The third-order valence-electron chi connectivity index (χ3n) is 2.98. The predicted octanol–water partition coefficient (Wildman–Crippen LogP) is 4.24. The minimum atomic E-state index is -1.51. The van der Waals surface area contributed by atoms with E-state index < -0.39 is 10.5 Å². The van der Waals surface area contributed by atoms with Crippen molar-refractivity contribution in [1.29, 1.82) is 0 Å². The highest BCUT2D eigenvalue weighted by Gasteiger charge is 2.36. The van der Waals surface area contributed by atoms with Gasteiger partial charge in [0.05, 0.1) is 10.7 Å². The number of rotatable bonds is 6. The molecule has 0 fully saturated rings. The van der Waals surface area contributed by atoms with E-state index in [9.17, 15) is 14.7 Å². The Morgan fingerprint density at radius 3 is 2.59 bits per heavy atom. The molecule has 0 radical (unpaired) electrons. The summed E-state index contributed by atoms with van der Waals surface area (Å²) < 4.78 is 9.54. The van der Waals surface area contributed by atoms with Crippen molar-refractivity contribution in [3.63, 3.8) is 0 Å². The van der Waals surface area contributed by atoms with Crippen molar-refractivity contribution in [2.75, 3.05) is 0 Å². The summed E-state index contributed by atoms with van der Waals surface area (Å²) in [4.78, 5) is 23.4. The summed E-state index contributed by atoms with van der Waals surface area (Å²) in [6.07, 6.45) is 1.65. The van der Waals surface area contributed by atoms with Crippen LogP contribution >= 0.6 is 31.9 Å². The number of furan rings is 1. The molecule has 1 aromatic heterocycles. The fourth-order valence-electron chi connectivity index (χ4n) is 1.72. The van der Waals surface area contributed by atoms with Crippen LogP contribution in [0.1, 0.15) is 29.5 Å². The van der Waals surface area contributed by atoms with E-state index in [-0.39, 0.29) is 18.0 Å². The molecule has 1 heterocycles. The van der Waals surface area contributed by atoms with E-state index in [4.69, 9.17) is 9.15 Å². The summed E-state index contributed by atoms with van der Waals surface area (Å²) in [6.45, 7) is 1.69. The zero-order valence-electron chi connectivity index (χ0n) is 11.5. The Kier molecular flexibility index (Phi) is 5.08. The third-order valence-corrected chi connectivity index (χ3v) is 4.67. The minimum absolute atomic E-state index is 0.224. The molecule has 2 aromatic rings. The first-order chi connectivity index (χ1) is 10.4. The third kappa shape index (κ3) is 3.41. The summed E-state index contributed by atoms with van der Waals surface area (Å²) in [6, 6.07) is 7.86. The molecular formula is C15H12Br2O5. The van der Waals surface area contributed by atoms with Gasteiger partial charge in [-0.3, -0.25) is 4.79 Å². The lowest BCUT2D eigenvalue weighted by Gasteiger charge is -2.23. The normalized spacial score (nSPS) is 13.4. The van der Waals surface area contributed by atoms with Gasteiger partial charge in [-0.2, -0.15) is 0 Å². The van der Waals surface area contributed by atoms with Crippen LogP contribution < -0.4 is 4.74 Å². The highest BCUT2D eigenvalue weighted by molar-refractivity contribution is 9.10. The van der Waals surface area contributed by atoms with Gasteiger partial charge in [0.2, 0.25) is 5.78 Å². The second-order valence-electron chi connectivity index (χ2n) is 4.44. The summed E-state index contributed by atoms with van der Waals surface area (Å²) in [5.41, 5.74) is 0.404. The Hall–Kier alpha value is -1.60. The number of carbonyl (C=O) groups excluding carboxylic acids is 1. The number of alkyl halides is 1. The van der Waals surface area contributed by atoms with Crippen molar-refractivity contribution >= 4 is 43.6 Å². The van der Waals surface area contributed by atoms with Gasteiger partial charge in [0.1, 0.15) is 5.75 Å². The van der Waals surface area contributed by atoms with Gasteiger partial charge in [0.25, 0.3) is 4.51 Å². The minimum Gasteiger partial charge on any atom is -0.478 e. The molecule has 2 rings (SSSR count). The lowest BCUT2D eigenvalue weighted by Crippen LogP contribution is -2.37. The molecule has 7 heteroatoms. The number of benzene rings is 1. The quantitative estimate of drug-likeness (QED) is 0.546. The summed E-state index contributed by atoms with van der Waals surface area (Å²) >= 11 is 6.36. The number of carbonyl (C=O) groups is 2. The number of halogens is 2. The second kappa shape index (κ2) is 6.66. The fourth-order valence-corrected chi connectivity index (χ4v) is 2.35. The predicted molar refractivity (Wildman–Crippen MR) is 86.5 cm³/mol. The number of carboxylic acids is 1. The average Bonchev–Trinajstić information content (AvgIpc) is 3.02. The van der Waals surface area contributed by atoms with Gasteiger partial charge in [0, 0.05) is 12.0 Å². The number of hydrogen-bond acceptors (Lipinski definition) is 4. The summed E-state index contributed by atoms with van der Waals surface area (Å²) in [7, 11) is 0. The molecule has 22 heavy (non-hydrogen) atoms. The van der Waals surface area contributed by atoms with Gasteiger partial charge < -0.3 is 14.3 Å². The molecule has 116 valence electrons. The number of ketones is 1. The summed E-state index contributed by atoms with van der Waals surface area (Å²) in [5, 5.41) is 9.20. The molecule has 0 bridgehead atoms. The summed E-state index contributed by atoms with van der Waals surface area (Å²) in [5.74, 6) is -0.847. The molecular weight excluding hydrogens is 420 g/mol. The smallest absolute Gasteiger partial charge is 0.359 e. The van der Waals surface area contributed by atoms with Crippen molar-refractivity contribution in [2.45, 2.75) is 17.9 Å². The molecule has 0 aliphatic rings. The first-order valence-electron chi connectivity index (χ1n) is 6.36. The van der Waals surface area contributed by atoms with Crippen LogP contribution in [0.15, 0.2) is 45.5 Å². The van der Waals surface area contributed by atoms with Crippen LogP contribution in [0.25, 0.3) is 0 Å². The zero-order valence-corrected chi connectivity index (χ0v) is 14.7. The average molecular weight is 432 g/mol. The topological polar surface area (TPSA) is 76.7 Å². The molecule has 1 unspecified atom stereocenters. The molecule has 1 N–H and O–H groups in total. The molecule has 0 saturated heterocycles.